The van der Waals surface area contributed by atoms with Gasteiger partial charge in [0.25, 0.3) is 5.91 Å². The monoisotopic (exact) mass is 267 g/mol. The number of aromatic nitrogens is 1. The van der Waals surface area contributed by atoms with Gasteiger partial charge in [0, 0.05) is 11.6 Å². The van der Waals surface area contributed by atoms with Crippen molar-refractivity contribution in [1.82, 2.24) is 15.2 Å². The molecule has 1 saturated heterocycles. The quantitative estimate of drug-likeness (QED) is 0.834. The van der Waals surface area contributed by atoms with Gasteiger partial charge in [0.2, 0.25) is 0 Å². The molecule has 0 saturated carbocycles. The van der Waals surface area contributed by atoms with Crippen molar-refractivity contribution in [2.24, 2.45) is 5.41 Å². The van der Waals surface area contributed by atoms with E-state index in [0.29, 0.717) is 0 Å². The van der Waals surface area contributed by atoms with E-state index in [1.807, 2.05) is 26.2 Å². The number of imide groups is 1. The van der Waals surface area contributed by atoms with Crippen LogP contribution in [0.25, 0.3) is 0 Å². The fourth-order valence-electron chi connectivity index (χ4n) is 1.82. The SMILES string of the molecule is CC(C)(C)[C@]1(C)NC(=O)N(Cc2nccs2)C1=O. The number of amides is 3. The largest absolute Gasteiger partial charge is 0.325 e. The minimum atomic E-state index is -0.860. The first-order chi connectivity index (χ1) is 8.25. The molecule has 0 spiro atoms. The number of carbonyl (C=O) groups excluding carboxylic acids is 2. The summed E-state index contributed by atoms with van der Waals surface area (Å²) in [7, 11) is 0. The van der Waals surface area contributed by atoms with Crippen LogP contribution in [0.5, 0.6) is 0 Å². The van der Waals surface area contributed by atoms with Crippen LogP contribution in [0, 0.1) is 5.41 Å². The molecule has 3 amide bonds. The zero-order valence-corrected chi connectivity index (χ0v) is 11.8. The number of thiazole rings is 1. The number of hydrogen-bond acceptors (Lipinski definition) is 4. The van der Waals surface area contributed by atoms with Crippen LogP contribution in [0.3, 0.4) is 0 Å². The third-order valence-corrected chi connectivity index (χ3v) is 4.32. The van der Waals surface area contributed by atoms with E-state index in [0.717, 1.165) is 5.01 Å². The lowest BCUT2D eigenvalue weighted by atomic mass is 9.75. The van der Waals surface area contributed by atoms with Gasteiger partial charge in [0.05, 0.1) is 6.54 Å². The lowest BCUT2D eigenvalue weighted by molar-refractivity contribution is -0.134. The first-order valence-electron chi connectivity index (χ1n) is 5.78. The van der Waals surface area contributed by atoms with Gasteiger partial charge in [0.15, 0.2) is 0 Å². The molecule has 1 aromatic heterocycles. The maximum absolute atomic E-state index is 12.4. The van der Waals surface area contributed by atoms with Gasteiger partial charge in [-0.05, 0) is 12.3 Å². The predicted molar refractivity (Wildman–Crippen MR) is 69.1 cm³/mol. The Balaban J connectivity index is 2.25. The molecular weight excluding hydrogens is 250 g/mol. The van der Waals surface area contributed by atoms with E-state index in [1.54, 1.807) is 13.1 Å². The zero-order chi connectivity index (χ0) is 13.6. The number of nitrogens with one attached hydrogen (secondary N) is 1. The van der Waals surface area contributed by atoms with E-state index >= 15 is 0 Å². The van der Waals surface area contributed by atoms with Crippen molar-refractivity contribution >= 4 is 23.3 Å². The summed E-state index contributed by atoms with van der Waals surface area (Å²) < 4.78 is 0. The second-order valence-corrected chi connectivity index (χ2v) is 6.60. The van der Waals surface area contributed by atoms with Gasteiger partial charge in [-0.3, -0.25) is 9.69 Å². The number of hydrogen-bond donors (Lipinski definition) is 1. The molecule has 0 aliphatic carbocycles. The van der Waals surface area contributed by atoms with Crippen LogP contribution >= 0.6 is 11.3 Å². The molecule has 0 aromatic carbocycles. The molecule has 2 rings (SSSR count). The Morgan fingerprint density at radius 3 is 2.56 bits per heavy atom. The molecule has 1 atom stereocenters. The Morgan fingerprint density at radius 1 is 1.44 bits per heavy atom. The lowest BCUT2D eigenvalue weighted by Crippen LogP contribution is -2.54. The summed E-state index contributed by atoms with van der Waals surface area (Å²) in [6.07, 6.45) is 1.67. The molecule has 18 heavy (non-hydrogen) atoms. The maximum Gasteiger partial charge on any atom is 0.325 e. The average Bonchev–Trinajstić information content (AvgIpc) is 2.81. The Kier molecular flexibility index (Phi) is 2.93. The standard InChI is InChI=1S/C12H17N3O2S/c1-11(2,3)12(4)9(16)15(10(17)14-12)7-8-13-5-6-18-8/h5-6H,7H2,1-4H3,(H,14,17)/t12-/m1/s1. The van der Waals surface area contributed by atoms with E-state index < -0.39 is 5.54 Å². The maximum atomic E-state index is 12.4. The molecule has 0 radical (unpaired) electrons. The molecular formula is C12H17N3O2S. The van der Waals surface area contributed by atoms with Crippen LogP contribution in [-0.4, -0.2) is 27.4 Å². The summed E-state index contributed by atoms with van der Waals surface area (Å²) in [6.45, 7) is 7.84. The molecule has 98 valence electrons. The molecule has 5 nitrogen and oxygen atoms in total. The zero-order valence-electron chi connectivity index (χ0n) is 11.0. The van der Waals surface area contributed by atoms with Crippen LogP contribution in [-0.2, 0) is 11.3 Å². The molecule has 1 N–H and O–H groups in total. The highest BCUT2D eigenvalue weighted by Crippen LogP contribution is 2.35. The molecule has 0 bridgehead atoms. The van der Waals surface area contributed by atoms with Gasteiger partial charge in [-0.1, -0.05) is 20.8 Å². The topological polar surface area (TPSA) is 62.3 Å². The molecule has 1 fully saturated rings. The molecule has 0 unspecified atom stereocenters. The fraction of sp³-hybridized carbons (Fsp3) is 0.583. The van der Waals surface area contributed by atoms with Gasteiger partial charge in [-0.15, -0.1) is 11.3 Å². The van der Waals surface area contributed by atoms with Crippen LogP contribution in [0.1, 0.15) is 32.7 Å². The number of rotatable bonds is 2. The summed E-state index contributed by atoms with van der Waals surface area (Å²) in [6, 6.07) is -0.340. The highest BCUT2D eigenvalue weighted by molar-refractivity contribution is 7.09. The van der Waals surface area contributed by atoms with Crippen LogP contribution in [0.4, 0.5) is 4.79 Å². The fourth-order valence-corrected chi connectivity index (χ4v) is 2.42. The Morgan fingerprint density at radius 2 is 2.11 bits per heavy atom. The normalized spacial score (nSPS) is 24.6. The van der Waals surface area contributed by atoms with Crippen molar-refractivity contribution in [2.45, 2.75) is 39.8 Å². The molecule has 1 aliphatic heterocycles. The predicted octanol–water partition coefficient (Wildman–Crippen LogP) is 2.00. The Bertz CT molecular complexity index is 478. The highest BCUT2D eigenvalue weighted by atomic mass is 32.1. The number of nitrogens with zero attached hydrogens (tertiary/aromatic N) is 2. The van der Waals surface area contributed by atoms with Gasteiger partial charge < -0.3 is 5.32 Å². The van der Waals surface area contributed by atoms with Crippen LogP contribution in [0.15, 0.2) is 11.6 Å². The van der Waals surface area contributed by atoms with Gasteiger partial charge >= 0.3 is 6.03 Å². The highest BCUT2D eigenvalue weighted by Gasteiger charge is 2.54. The first-order valence-corrected chi connectivity index (χ1v) is 6.66. The molecule has 6 heteroatoms. The van der Waals surface area contributed by atoms with Gasteiger partial charge in [-0.2, -0.15) is 0 Å². The molecule has 1 aliphatic rings. The van der Waals surface area contributed by atoms with Crippen molar-refractivity contribution in [3.8, 4) is 0 Å². The van der Waals surface area contributed by atoms with Crippen molar-refractivity contribution in [3.05, 3.63) is 16.6 Å². The van der Waals surface area contributed by atoms with E-state index in [9.17, 15) is 9.59 Å². The van der Waals surface area contributed by atoms with Crippen LogP contribution in [0.2, 0.25) is 0 Å². The Labute approximate surface area is 110 Å². The minimum Gasteiger partial charge on any atom is -0.323 e. The Hall–Kier alpha value is -1.43. The summed E-state index contributed by atoms with van der Waals surface area (Å²) in [5.41, 5.74) is -1.20. The van der Waals surface area contributed by atoms with E-state index in [4.69, 9.17) is 0 Å². The van der Waals surface area contributed by atoms with E-state index in [1.165, 1.54) is 16.2 Å². The van der Waals surface area contributed by atoms with Gasteiger partial charge in [0.1, 0.15) is 10.5 Å². The van der Waals surface area contributed by atoms with Crippen molar-refractivity contribution in [1.29, 1.82) is 0 Å². The van der Waals surface area contributed by atoms with E-state index in [2.05, 4.69) is 10.3 Å². The summed E-state index contributed by atoms with van der Waals surface area (Å²) in [5, 5.41) is 5.39. The molecule has 2 heterocycles. The summed E-state index contributed by atoms with van der Waals surface area (Å²) in [4.78, 5) is 29.7. The van der Waals surface area contributed by atoms with Crippen molar-refractivity contribution in [2.75, 3.05) is 0 Å². The van der Waals surface area contributed by atoms with Crippen molar-refractivity contribution in [3.63, 3.8) is 0 Å². The third kappa shape index (κ3) is 1.90. The number of urea groups is 1. The van der Waals surface area contributed by atoms with Gasteiger partial charge in [-0.25, -0.2) is 9.78 Å². The summed E-state index contributed by atoms with van der Waals surface area (Å²) in [5.74, 6) is -0.185. The summed E-state index contributed by atoms with van der Waals surface area (Å²) >= 11 is 1.44. The van der Waals surface area contributed by atoms with Crippen molar-refractivity contribution < 1.29 is 9.59 Å². The average molecular weight is 267 g/mol. The second-order valence-electron chi connectivity index (χ2n) is 5.62. The number of carbonyl (C=O) groups is 2. The smallest absolute Gasteiger partial charge is 0.323 e. The third-order valence-electron chi connectivity index (χ3n) is 3.55. The minimum absolute atomic E-state index is 0.185. The first kappa shape index (κ1) is 13.0. The molecule has 1 aromatic rings. The lowest BCUT2D eigenvalue weighted by Gasteiger charge is -2.35. The second kappa shape index (κ2) is 4.05. The van der Waals surface area contributed by atoms with E-state index in [-0.39, 0.29) is 23.9 Å². The van der Waals surface area contributed by atoms with Crippen LogP contribution < -0.4 is 5.32 Å².